The lowest BCUT2D eigenvalue weighted by atomic mass is 10.0. The number of nitrogens with one attached hydrogen (secondary N) is 1. The second-order valence-electron chi connectivity index (χ2n) is 7.78. The van der Waals surface area contributed by atoms with Crippen molar-refractivity contribution in [2.75, 3.05) is 13.2 Å². The largest absolute Gasteiger partial charge is 0.488 e. The van der Waals surface area contributed by atoms with Crippen LogP contribution in [0.25, 0.3) is 0 Å². The van der Waals surface area contributed by atoms with Gasteiger partial charge in [0.25, 0.3) is 12.3 Å². The van der Waals surface area contributed by atoms with Crippen LogP contribution in [-0.2, 0) is 9.59 Å². The van der Waals surface area contributed by atoms with E-state index in [1.54, 1.807) is 17.0 Å². The minimum Gasteiger partial charge on any atom is -0.488 e. The summed E-state index contributed by atoms with van der Waals surface area (Å²) in [7, 11) is 0. The second kappa shape index (κ2) is 7.90. The lowest BCUT2D eigenvalue weighted by Crippen LogP contribution is -2.37. The molecule has 1 aliphatic carbocycles. The molecule has 1 fully saturated rings. The maximum Gasteiger partial charge on any atom is 0.392 e. The number of nitrogens with zero attached hydrogens (tertiary/aromatic N) is 2. The lowest BCUT2D eigenvalue weighted by molar-refractivity contribution is -0.127. The van der Waals surface area contributed by atoms with Crippen molar-refractivity contribution in [2.24, 2.45) is 5.92 Å². The number of halogens is 2. The third kappa shape index (κ3) is 4.06. The Morgan fingerprint density at radius 1 is 1.37 bits per heavy atom. The van der Waals surface area contributed by atoms with Gasteiger partial charge in [-0.15, -0.1) is 0 Å². The number of carbonyl (C=O) groups excluding carboxylic acids is 2. The van der Waals surface area contributed by atoms with Gasteiger partial charge >= 0.3 is 11.7 Å². The van der Waals surface area contributed by atoms with E-state index in [9.17, 15) is 18.4 Å². The van der Waals surface area contributed by atoms with E-state index >= 15 is 0 Å². The number of alkyl halides is 2. The van der Waals surface area contributed by atoms with Crippen LogP contribution in [0, 0.1) is 12.8 Å². The number of aryl methyl sites for hydroxylation is 1. The molecule has 0 saturated heterocycles. The summed E-state index contributed by atoms with van der Waals surface area (Å²) in [6.07, 6.45) is 0.713. The van der Waals surface area contributed by atoms with Crippen molar-refractivity contribution in [1.29, 1.82) is 0 Å². The number of benzene rings is 1. The van der Waals surface area contributed by atoms with E-state index in [0.717, 1.165) is 24.0 Å². The van der Waals surface area contributed by atoms with E-state index in [-0.39, 0.29) is 23.8 Å². The van der Waals surface area contributed by atoms with Gasteiger partial charge in [0.1, 0.15) is 12.4 Å². The lowest BCUT2D eigenvalue weighted by Gasteiger charge is -2.26. The molecular weight excluding hydrogens is 392 g/mol. The maximum absolute atomic E-state index is 13.0. The molecule has 1 aromatic rings. The summed E-state index contributed by atoms with van der Waals surface area (Å²) in [6, 6.07) is 4.93. The van der Waals surface area contributed by atoms with E-state index < -0.39 is 13.0 Å². The first-order chi connectivity index (χ1) is 14.3. The van der Waals surface area contributed by atoms with E-state index in [1.165, 1.54) is 6.08 Å². The Labute approximate surface area is 172 Å². The van der Waals surface area contributed by atoms with Gasteiger partial charge in [-0.2, -0.15) is 9.98 Å². The van der Waals surface area contributed by atoms with Gasteiger partial charge in [-0.3, -0.25) is 4.79 Å². The number of hydrogen-bond acceptors (Lipinski definition) is 3. The summed E-state index contributed by atoms with van der Waals surface area (Å²) < 4.78 is 34.3. The van der Waals surface area contributed by atoms with Crippen molar-refractivity contribution in [1.82, 2.24) is 14.9 Å². The van der Waals surface area contributed by atoms with Gasteiger partial charge in [-0.1, -0.05) is 6.07 Å². The summed E-state index contributed by atoms with van der Waals surface area (Å²) in [4.78, 5) is 26.8. The smallest absolute Gasteiger partial charge is 0.392 e. The summed E-state index contributed by atoms with van der Waals surface area (Å²) in [5.74, 6) is 3.17. The SMILES string of the molecule is Cc1cc(OCC(F)F)cc(C(C)N2CC3=C(C=C=[N+]=C3NC(=O)C3CC3)C2=O)c1. The molecule has 2 amide bonds. The highest BCUT2D eigenvalue weighted by molar-refractivity contribution is 6.18. The number of amidine groups is 1. The average Bonchev–Trinajstić information content (AvgIpc) is 3.50. The molecule has 2 heterocycles. The fourth-order valence-electron chi connectivity index (χ4n) is 3.61. The second-order valence-corrected chi connectivity index (χ2v) is 7.78. The number of rotatable bonds is 6. The molecule has 1 atom stereocenters. The highest BCUT2D eigenvalue weighted by atomic mass is 19.3. The van der Waals surface area contributed by atoms with Crippen LogP contribution >= 0.6 is 0 Å². The van der Waals surface area contributed by atoms with Crippen molar-refractivity contribution in [3.05, 3.63) is 46.5 Å². The molecule has 0 spiro atoms. The van der Waals surface area contributed by atoms with Crippen molar-refractivity contribution in [3.8, 4) is 5.75 Å². The standard InChI is InChI=1S/C22H21F2N3O3/c1-12-7-15(9-16(8-12)30-11-19(23)24)13(2)27-10-18-17(22(27)29)5-6-25-20(18)26-21(28)14-3-4-14/h5,7-9,13-14,19H,3-4,10-11H2,1-2H3/p+1. The minimum atomic E-state index is -2.56. The number of ether oxygens (including phenoxy) is 1. The zero-order valence-corrected chi connectivity index (χ0v) is 16.7. The Hall–Kier alpha value is -3.21. The summed E-state index contributed by atoms with van der Waals surface area (Å²) in [5.41, 5.74) is 2.76. The van der Waals surface area contributed by atoms with Gasteiger partial charge in [-0.05, 0) is 49.9 Å². The molecule has 2 aliphatic heterocycles. The first-order valence-corrected chi connectivity index (χ1v) is 9.88. The molecule has 0 aromatic heterocycles. The maximum atomic E-state index is 13.0. The topological polar surface area (TPSA) is 72.7 Å². The van der Waals surface area contributed by atoms with Gasteiger partial charge in [-0.25, -0.2) is 13.6 Å². The molecule has 6 nitrogen and oxygen atoms in total. The molecule has 8 heteroatoms. The summed E-state index contributed by atoms with van der Waals surface area (Å²) in [5, 5.41) is 2.82. The van der Waals surface area contributed by atoms with Gasteiger partial charge in [0.2, 0.25) is 0 Å². The molecule has 1 saturated carbocycles. The van der Waals surface area contributed by atoms with Crippen LogP contribution in [0.5, 0.6) is 5.75 Å². The zero-order valence-electron chi connectivity index (χ0n) is 16.7. The molecule has 30 heavy (non-hydrogen) atoms. The summed E-state index contributed by atoms with van der Waals surface area (Å²) in [6.45, 7) is 3.32. The molecule has 4 rings (SSSR count). The predicted molar refractivity (Wildman–Crippen MR) is 107 cm³/mol. The molecule has 1 unspecified atom stereocenters. The average molecular weight is 414 g/mol. The first kappa shape index (κ1) is 20.1. The monoisotopic (exact) mass is 414 g/mol. The van der Waals surface area contributed by atoms with Crippen LogP contribution in [0.15, 0.2) is 35.4 Å². The van der Waals surface area contributed by atoms with Gasteiger partial charge in [0.05, 0.1) is 35.7 Å². The van der Waals surface area contributed by atoms with Crippen LogP contribution in [-0.4, -0.2) is 48.0 Å². The fraction of sp³-hybridized carbons (Fsp3) is 0.409. The van der Waals surface area contributed by atoms with Crippen LogP contribution in [0.1, 0.15) is 36.9 Å². The van der Waals surface area contributed by atoms with Crippen LogP contribution in [0.3, 0.4) is 0 Å². The molecule has 1 aromatic carbocycles. The van der Waals surface area contributed by atoms with Gasteiger partial charge in [0, 0.05) is 0 Å². The number of amides is 2. The normalized spacial score (nSPS) is 18.6. The third-order valence-corrected chi connectivity index (χ3v) is 5.40. The Kier molecular flexibility index (Phi) is 5.29. The van der Waals surface area contributed by atoms with Crippen molar-refractivity contribution in [3.63, 3.8) is 0 Å². The number of carbonyl (C=O) groups is 2. The van der Waals surface area contributed by atoms with Crippen LogP contribution < -0.4 is 14.7 Å². The molecular formula is C22H22F2N3O3+. The zero-order chi connectivity index (χ0) is 21.4. The molecule has 0 radical (unpaired) electrons. The van der Waals surface area contributed by atoms with E-state index in [1.807, 2.05) is 19.9 Å². The quantitative estimate of drug-likeness (QED) is 0.725. The van der Waals surface area contributed by atoms with Crippen molar-refractivity contribution < 1.29 is 23.1 Å². The Morgan fingerprint density at radius 2 is 2.13 bits per heavy atom. The van der Waals surface area contributed by atoms with E-state index in [0.29, 0.717) is 29.3 Å². The van der Waals surface area contributed by atoms with Crippen molar-refractivity contribution >= 4 is 23.5 Å². The summed E-state index contributed by atoms with van der Waals surface area (Å²) >= 11 is 0. The molecule has 3 aliphatic rings. The van der Waals surface area contributed by atoms with Crippen molar-refractivity contribution in [2.45, 2.75) is 39.2 Å². The number of hydrogen-bond donors (Lipinski definition) is 1. The van der Waals surface area contributed by atoms with E-state index in [4.69, 9.17) is 4.74 Å². The van der Waals surface area contributed by atoms with E-state index in [2.05, 4.69) is 15.9 Å². The predicted octanol–water partition coefficient (Wildman–Crippen LogP) is 2.07. The first-order valence-electron chi connectivity index (χ1n) is 9.88. The fourth-order valence-corrected chi connectivity index (χ4v) is 3.61. The third-order valence-electron chi connectivity index (χ3n) is 5.40. The highest BCUT2D eigenvalue weighted by Gasteiger charge is 2.42. The highest BCUT2D eigenvalue weighted by Crippen LogP contribution is 2.33. The van der Waals surface area contributed by atoms with Crippen LogP contribution in [0.4, 0.5) is 8.78 Å². The minimum absolute atomic E-state index is 0.0220. The molecule has 1 N–H and O–H groups in total. The molecule has 0 bridgehead atoms. The Morgan fingerprint density at radius 3 is 2.83 bits per heavy atom. The van der Waals surface area contributed by atoms with Gasteiger partial charge in [0.15, 0.2) is 5.87 Å². The molecule has 156 valence electrons. The Bertz CT molecular complexity index is 1050. The van der Waals surface area contributed by atoms with Crippen LogP contribution in [0.2, 0.25) is 0 Å². The van der Waals surface area contributed by atoms with Gasteiger partial charge < -0.3 is 9.64 Å². The Balaban J connectivity index is 1.52.